The van der Waals surface area contributed by atoms with E-state index in [1.54, 1.807) is 23.2 Å². The highest BCUT2D eigenvalue weighted by Gasteiger charge is 2.27. The lowest BCUT2D eigenvalue weighted by atomic mass is 10.1. The molecule has 0 N–H and O–H groups in total. The van der Waals surface area contributed by atoms with Crippen molar-refractivity contribution in [2.75, 3.05) is 26.2 Å². The van der Waals surface area contributed by atoms with Crippen molar-refractivity contribution in [3.05, 3.63) is 29.6 Å². The summed E-state index contributed by atoms with van der Waals surface area (Å²) in [6.45, 7) is 5.12. The lowest BCUT2D eigenvalue weighted by Gasteiger charge is -2.34. The van der Waals surface area contributed by atoms with Gasteiger partial charge in [-0.15, -0.1) is 0 Å². The number of hydrogen-bond donors (Lipinski definition) is 0. The van der Waals surface area contributed by atoms with Crippen LogP contribution in [0.2, 0.25) is 0 Å². The van der Waals surface area contributed by atoms with Crippen molar-refractivity contribution in [1.82, 2.24) is 19.6 Å². The molecule has 118 valence electrons. The molecule has 1 aromatic rings. The molecule has 22 heavy (non-hydrogen) atoms. The molecule has 0 radical (unpaired) electrons. The average Bonchev–Trinajstić information content (AvgIpc) is 2.98. The van der Waals surface area contributed by atoms with Crippen LogP contribution in [0.1, 0.15) is 35.8 Å². The maximum atomic E-state index is 12.7. The van der Waals surface area contributed by atoms with Gasteiger partial charge in [-0.3, -0.25) is 14.3 Å². The molecule has 0 atom stereocenters. The standard InChI is InChI=1S/C16H22N4O2/c1-2-5-15(21)18-8-10-19(11-9-18)16(22)13-12-17-20-7-4-3-6-14(13)20/h2,5,12H,3-4,6-11H2,1H3/b5-2+. The number of aryl methyl sites for hydroxylation is 1. The molecule has 1 aromatic heterocycles. The summed E-state index contributed by atoms with van der Waals surface area (Å²) in [5.41, 5.74) is 1.82. The Morgan fingerprint density at radius 3 is 2.55 bits per heavy atom. The summed E-state index contributed by atoms with van der Waals surface area (Å²) in [6, 6.07) is 0. The van der Waals surface area contributed by atoms with E-state index in [9.17, 15) is 9.59 Å². The monoisotopic (exact) mass is 302 g/mol. The Hall–Kier alpha value is -2.11. The van der Waals surface area contributed by atoms with Crippen molar-refractivity contribution in [2.24, 2.45) is 0 Å². The number of fused-ring (bicyclic) bond motifs is 1. The van der Waals surface area contributed by atoms with Gasteiger partial charge in [-0.2, -0.15) is 5.10 Å². The predicted octanol–water partition coefficient (Wildman–Crippen LogP) is 1.08. The van der Waals surface area contributed by atoms with Crippen molar-refractivity contribution in [2.45, 2.75) is 32.7 Å². The number of nitrogens with zero attached hydrogens (tertiary/aromatic N) is 4. The highest BCUT2D eigenvalue weighted by molar-refractivity contribution is 5.95. The normalized spacial score (nSPS) is 18.6. The number of carbonyl (C=O) groups excluding carboxylic acids is 2. The Morgan fingerprint density at radius 1 is 1.09 bits per heavy atom. The van der Waals surface area contributed by atoms with Crippen LogP contribution >= 0.6 is 0 Å². The Labute approximate surface area is 130 Å². The van der Waals surface area contributed by atoms with Crippen molar-refractivity contribution in [3.63, 3.8) is 0 Å². The molecule has 2 aliphatic rings. The fourth-order valence-electron chi connectivity index (χ4n) is 3.15. The molecule has 6 heteroatoms. The SMILES string of the molecule is C/C=C/C(=O)N1CCN(C(=O)c2cnn3c2CCCC3)CC1. The minimum atomic E-state index is 0.0255. The third-order valence-electron chi connectivity index (χ3n) is 4.40. The zero-order valence-electron chi connectivity index (χ0n) is 13.0. The minimum Gasteiger partial charge on any atom is -0.336 e. The minimum absolute atomic E-state index is 0.0255. The Kier molecular flexibility index (Phi) is 4.27. The number of allylic oxidation sites excluding steroid dienone is 1. The molecule has 0 spiro atoms. The summed E-state index contributed by atoms with van der Waals surface area (Å²) in [5, 5.41) is 4.34. The molecule has 0 aliphatic carbocycles. The number of piperazine rings is 1. The van der Waals surface area contributed by atoms with Gasteiger partial charge in [0.1, 0.15) is 0 Å². The first-order valence-electron chi connectivity index (χ1n) is 7.96. The van der Waals surface area contributed by atoms with E-state index in [0.717, 1.165) is 37.1 Å². The first-order chi connectivity index (χ1) is 10.7. The zero-order chi connectivity index (χ0) is 15.5. The van der Waals surface area contributed by atoms with E-state index in [1.165, 1.54) is 0 Å². The van der Waals surface area contributed by atoms with Crippen LogP contribution in [0.5, 0.6) is 0 Å². The smallest absolute Gasteiger partial charge is 0.257 e. The summed E-state index contributed by atoms with van der Waals surface area (Å²) in [5.74, 6) is 0.0822. The maximum Gasteiger partial charge on any atom is 0.257 e. The summed E-state index contributed by atoms with van der Waals surface area (Å²) in [4.78, 5) is 28.1. The van der Waals surface area contributed by atoms with Gasteiger partial charge < -0.3 is 9.80 Å². The second-order valence-corrected chi connectivity index (χ2v) is 5.80. The largest absolute Gasteiger partial charge is 0.336 e. The van der Waals surface area contributed by atoms with Crippen LogP contribution in [-0.4, -0.2) is 57.6 Å². The molecule has 0 saturated carbocycles. The number of amides is 2. The van der Waals surface area contributed by atoms with E-state index >= 15 is 0 Å². The van der Waals surface area contributed by atoms with Gasteiger partial charge in [0.05, 0.1) is 17.5 Å². The van der Waals surface area contributed by atoms with Crippen molar-refractivity contribution in [3.8, 4) is 0 Å². The third-order valence-corrected chi connectivity index (χ3v) is 4.40. The van der Waals surface area contributed by atoms with E-state index < -0.39 is 0 Å². The van der Waals surface area contributed by atoms with Gasteiger partial charge >= 0.3 is 0 Å². The molecule has 0 unspecified atom stereocenters. The summed E-state index contributed by atoms with van der Waals surface area (Å²) < 4.78 is 1.96. The van der Waals surface area contributed by atoms with E-state index in [2.05, 4.69) is 5.10 Å². The van der Waals surface area contributed by atoms with Crippen LogP contribution < -0.4 is 0 Å². The highest BCUT2D eigenvalue weighted by Crippen LogP contribution is 2.20. The van der Waals surface area contributed by atoms with Gasteiger partial charge in [0.15, 0.2) is 0 Å². The van der Waals surface area contributed by atoms with Crippen molar-refractivity contribution < 1.29 is 9.59 Å². The maximum absolute atomic E-state index is 12.7. The topological polar surface area (TPSA) is 58.4 Å². The molecular weight excluding hydrogens is 280 g/mol. The summed E-state index contributed by atoms with van der Waals surface area (Å²) >= 11 is 0. The van der Waals surface area contributed by atoms with Gasteiger partial charge in [0.25, 0.3) is 5.91 Å². The molecule has 3 rings (SSSR count). The van der Waals surface area contributed by atoms with E-state index in [4.69, 9.17) is 0 Å². The lowest BCUT2D eigenvalue weighted by molar-refractivity contribution is -0.127. The Balaban J connectivity index is 1.65. The molecular formula is C16H22N4O2. The van der Waals surface area contributed by atoms with Gasteiger partial charge in [0, 0.05) is 32.7 Å². The number of aromatic nitrogens is 2. The van der Waals surface area contributed by atoms with Gasteiger partial charge in [0.2, 0.25) is 5.91 Å². The Bertz CT molecular complexity index is 597. The first kappa shape index (κ1) is 14.8. The Morgan fingerprint density at radius 2 is 1.82 bits per heavy atom. The van der Waals surface area contributed by atoms with E-state index in [-0.39, 0.29) is 11.8 Å². The highest BCUT2D eigenvalue weighted by atomic mass is 16.2. The van der Waals surface area contributed by atoms with Gasteiger partial charge in [-0.1, -0.05) is 6.08 Å². The van der Waals surface area contributed by atoms with Crippen LogP contribution in [0.3, 0.4) is 0 Å². The first-order valence-corrected chi connectivity index (χ1v) is 7.96. The van der Waals surface area contributed by atoms with E-state index in [0.29, 0.717) is 26.2 Å². The lowest BCUT2D eigenvalue weighted by Crippen LogP contribution is -2.50. The second-order valence-electron chi connectivity index (χ2n) is 5.80. The molecule has 2 amide bonds. The van der Waals surface area contributed by atoms with Crippen LogP contribution in [0.4, 0.5) is 0 Å². The van der Waals surface area contributed by atoms with Gasteiger partial charge in [-0.25, -0.2) is 0 Å². The number of carbonyl (C=O) groups is 2. The van der Waals surface area contributed by atoms with Crippen LogP contribution in [-0.2, 0) is 17.8 Å². The number of rotatable bonds is 2. The quantitative estimate of drug-likeness (QED) is 0.768. The molecule has 6 nitrogen and oxygen atoms in total. The molecule has 2 aliphatic heterocycles. The second kappa shape index (κ2) is 6.34. The molecule has 0 aromatic carbocycles. The molecule has 3 heterocycles. The van der Waals surface area contributed by atoms with Crippen molar-refractivity contribution in [1.29, 1.82) is 0 Å². The van der Waals surface area contributed by atoms with Crippen molar-refractivity contribution >= 4 is 11.8 Å². The third kappa shape index (κ3) is 2.77. The fourth-order valence-corrected chi connectivity index (χ4v) is 3.15. The summed E-state index contributed by atoms with van der Waals surface area (Å²) in [6.07, 6.45) is 8.22. The average molecular weight is 302 g/mol. The molecule has 1 saturated heterocycles. The molecule has 1 fully saturated rings. The fraction of sp³-hybridized carbons (Fsp3) is 0.562. The summed E-state index contributed by atoms with van der Waals surface area (Å²) in [7, 11) is 0. The van der Waals surface area contributed by atoms with Crippen LogP contribution in [0, 0.1) is 0 Å². The van der Waals surface area contributed by atoms with Crippen LogP contribution in [0.15, 0.2) is 18.3 Å². The predicted molar refractivity (Wildman–Crippen MR) is 82.5 cm³/mol. The molecule has 0 bridgehead atoms. The van der Waals surface area contributed by atoms with E-state index in [1.807, 2.05) is 16.5 Å². The van der Waals surface area contributed by atoms with Gasteiger partial charge in [-0.05, 0) is 32.3 Å². The zero-order valence-corrected chi connectivity index (χ0v) is 13.0. The van der Waals surface area contributed by atoms with Crippen LogP contribution in [0.25, 0.3) is 0 Å². The number of hydrogen-bond acceptors (Lipinski definition) is 3.